The van der Waals surface area contributed by atoms with E-state index in [4.69, 9.17) is 9.15 Å². The van der Waals surface area contributed by atoms with E-state index in [2.05, 4.69) is 25.3 Å². The Morgan fingerprint density at radius 3 is 2.61 bits per heavy atom. The minimum atomic E-state index is -2.87. The Kier molecular flexibility index (Phi) is 11.6. The van der Waals surface area contributed by atoms with Crippen molar-refractivity contribution in [2.75, 3.05) is 45.9 Å². The number of para-hydroxylation sites is 1. The molecule has 172 valence electrons. The maximum Gasteiger partial charge on any atom is 0.387 e. The van der Waals surface area contributed by atoms with Crippen molar-refractivity contribution in [3.8, 4) is 5.75 Å². The molecular weight excluding hydrogens is 521 g/mol. The highest BCUT2D eigenvalue weighted by Gasteiger charge is 2.11. The van der Waals surface area contributed by atoms with Crippen LogP contribution in [0.4, 0.5) is 8.78 Å². The third-order valence-electron chi connectivity index (χ3n) is 4.66. The number of morpholine rings is 1. The molecule has 0 unspecified atom stereocenters. The molecule has 31 heavy (non-hydrogen) atoms. The zero-order valence-electron chi connectivity index (χ0n) is 17.3. The van der Waals surface area contributed by atoms with Crippen molar-refractivity contribution in [3.63, 3.8) is 0 Å². The van der Waals surface area contributed by atoms with Crippen LogP contribution in [0, 0.1) is 0 Å². The van der Waals surface area contributed by atoms with Crippen LogP contribution in [-0.2, 0) is 17.7 Å². The summed E-state index contributed by atoms with van der Waals surface area (Å²) in [4.78, 5) is 6.88. The van der Waals surface area contributed by atoms with Gasteiger partial charge < -0.3 is 24.5 Å². The summed E-state index contributed by atoms with van der Waals surface area (Å²) in [5.41, 5.74) is 0.595. The fourth-order valence-electron chi connectivity index (χ4n) is 3.10. The predicted octanol–water partition coefficient (Wildman–Crippen LogP) is 3.11. The number of hydrogen-bond donors (Lipinski definition) is 2. The Morgan fingerprint density at radius 1 is 1.10 bits per heavy atom. The Hall–Kier alpha value is -1.92. The number of nitrogens with one attached hydrogen (secondary N) is 2. The van der Waals surface area contributed by atoms with Crippen LogP contribution in [-0.4, -0.2) is 63.4 Å². The number of ether oxygens (including phenoxy) is 2. The van der Waals surface area contributed by atoms with Crippen molar-refractivity contribution in [1.82, 2.24) is 15.5 Å². The molecule has 10 heteroatoms. The summed E-state index contributed by atoms with van der Waals surface area (Å²) in [7, 11) is 0. The van der Waals surface area contributed by atoms with Crippen molar-refractivity contribution >= 4 is 29.9 Å². The van der Waals surface area contributed by atoms with E-state index in [-0.39, 0.29) is 36.3 Å². The van der Waals surface area contributed by atoms with Crippen LogP contribution in [0.2, 0.25) is 0 Å². The molecule has 1 saturated heterocycles. The van der Waals surface area contributed by atoms with Crippen molar-refractivity contribution in [1.29, 1.82) is 0 Å². The van der Waals surface area contributed by atoms with Crippen LogP contribution in [0.25, 0.3) is 0 Å². The molecule has 7 nitrogen and oxygen atoms in total. The Labute approximate surface area is 198 Å². The van der Waals surface area contributed by atoms with Gasteiger partial charge >= 0.3 is 6.61 Å². The first-order chi connectivity index (χ1) is 14.7. The van der Waals surface area contributed by atoms with Gasteiger partial charge in [-0.1, -0.05) is 18.2 Å². The van der Waals surface area contributed by atoms with E-state index in [1.54, 1.807) is 24.5 Å². The molecule has 2 aromatic rings. The number of rotatable bonds is 10. The molecule has 1 aromatic heterocycles. The van der Waals surface area contributed by atoms with Crippen LogP contribution in [0.1, 0.15) is 11.3 Å². The van der Waals surface area contributed by atoms with Crippen LogP contribution in [0.3, 0.4) is 0 Å². The molecule has 0 saturated carbocycles. The van der Waals surface area contributed by atoms with E-state index in [1.165, 1.54) is 6.07 Å². The summed E-state index contributed by atoms with van der Waals surface area (Å²) < 4.78 is 40.6. The second kappa shape index (κ2) is 14.2. The highest BCUT2D eigenvalue weighted by atomic mass is 127. The van der Waals surface area contributed by atoms with E-state index < -0.39 is 6.61 Å². The number of guanidine groups is 1. The Bertz CT molecular complexity index is 772. The largest absolute Gasteiger partial charge is 0.469 e. The molecule has 0 spiro atoms. The summed E-state index contributed by atoms with van der Waals surface area (Å²) in [5, 5.41) is 6.59. The molecule has 0 amide bonds. The van der Waals surface area contributed by atoms with Gasteiger partial charge in [-0.2, -0.15) is 8.78 Å². The lowest BCUT2D eigenvalue weighted by molar-refractivity contribution is -0.0504. The minimum Gasteiger partial charge on any atom is -0.469 e. The molecule has 3 rings (SSSR count). The van der Waals surface area contributed by atoms with Gasteiger partial charge in [-0.05, 0) is 18.2 Å². The van der Waals surface area contributed by atoms with Gasteiger partial charge in [0.15, 0.2) is 5.96 Å². The Morgan fingerprint density at radius 2 is 1.87 bits per heavy atom. The van der Waals surface area contributed by atoms with Gasteiger partial charge in [-0.25, -0.2) is 4.99 Å². The fraction of sp³-hybridized carbons (Fsp3) is 0.476. The lowest BCUT2D eigenvalue weighted by atomic mass is 10.2. The zero-order chi connectivity index (χ0) is 21.0. The average Bonchev–Trinajstić information content (AvgIpc) is 3.26. The quantitative estimate of drug-likeness (QED) is 0.269. The molecule has 0 aliphatic carbocycles. The maximum atomic E-state index is 12.6. The summed E-state index contributed by atoms with van der Waals surface area (Å²) in [5.74, 6) is 1.63. The molecule has 1 aromatic carbocycles. The topological polar surface area (TPSA) is 71.3 Å². The number of benzene rings is 1. The van der Waals surface area contributed by atoms with E-state index in [1.807, 2.05) is 12.1 Å². The molecular formula is C21H29F2IN4O3. The molecule has 0 bridgehead atoms. The van der Waals surface area contributed by atoms with Crippen LogP contribution in [0.5, 0.6) is 5.75 Å². The van der Waals surface area contributed by atoms with Gasteiger partial charge in [-0.3, -0.25) is 4.90 Å². The lowest BCUT2D eigenvalue weighted by Crippen LogP contribution is -2.44. The number of alkyl halides is 2. The van der Waals surface area contributed by atoms with Crippen LogP contribution in [0.15, 0.2) is 52.1 Å². The monoisotopic (exact) mass is 550 g/mol. The van der Waals surface area contributed by atoms with E-state index in [9.17, 15) is 8.78 Å². The first kappa shape index (κ1) is 25.3. The third-order valence-corrected chi connectivity index (χ3v) is 4.66. The van der Waals surface area contributed by atoms with E-state index in [0.717, 1.165) is 38.6 Å². The number of aliphatic imine (C=N–C) groups is 1. The molecule has 0 radical (unpaired) electrons. The highest BCUT2D eigenvalue weighted by Crippen LogP contribution is 2.20. The smallest absolute Gasteiger partial charge is 0.387 e. The van der Waals surface area contributed by atoms with Crippen molar-refractivity contribution in [2.45, 2.75) is 19.6 Å². The molecule has 2 N–H and O–H groups in total. The van der Waals surface area contributed by atoms with E-state index in [0.29, 0.717) is 31.0 Å². The summed E-state index contributed by atoms with van der Waals surface area (Å²) >= 11 is 0. The van der Waals surface area contributed by atoms with Gasteiger partial charge in [0, 0.05) is 44.7 Å². The third kappa shape index (κ3) is 9.40. The van der Waals surface area contributed by atoms with E-state index >= 15 is 0 Å². The number of halogens is 3. The predicted molar refractivity (Wildman–Crippen MR) is 125 cm³/mol. The molecule has 1 aliphatic heterocycles. The molecule has 1 fully saturated rings. The normalized spacial score (nSPS) is 14.9. The maximum absolute atomic E-state index is 12.6. The van der Waals surface area contributed by atoms with Crippen molar-refractivity contribution in [2.24, 2.45) is 4.99 Å². The van der Waals surface area contributed by atoms with Gasteiger partial charge in [0.1, 0.15) is 11.5 Å². The first-order valence-corrected chi connectivity index (χ1v) is 10.1. The summed E-state index contributed by atoms with van der Waals surface area (Å²) in [6.45, 7) is 2.90. The fourth-order valence-corrected chi connectivity index (χ4v) is 3.10. The number of nitrogens with zero attached hydrogens (tertiary/aromatic N) is 2. The zero-order valence-corrected chi connectivity index (χ0v) is 19.6. The average molecular weight is 550 g/mol. The SMILES string of the molecule is FC(F)Oc1ccccc1CN=C(NCCc1ccco1)NCCN1CCOCC1.I. The van der Waals surface area contributed by atoms with Crippen LogP contribution < -0.4 is 15.4 Å². The first-order valence-electron chi connectivity index (χ1n) is 10.1. The molecule has 0 atom stereocenters. The van der Waals surface area contributed by atoms with Crippen LogP contribution >= 0.6 is 24.0 Å². The number of hydrogen-bond acceptors (Lipinski definition) is 5. The number of furan rings is 1. The van der Waals surface area contributed by atoms with Crippen molar-refractivity contribution in [3.05, 3.63) is 54.0 Å². The highest BCUT2D eigenvalue weighted by molar-refractivity contribution is 14.0. The second-order valence-corrected chi connectivity index (χ2v) is 6.79. The molecule has 2 heterocycles. The second-order valence-electron chi connectivity index (χ2n) is 6.79. The van der Waals surface area contributed by atoms with Gasteiger partial charge in [-0.15, -0.1) is 24.0 Å². The summed E-state index contributed by atoms with van der Waals surface area (Å²) in [6, 6.07) is 10.5. The van der Waals surface area contributed by atoms with Crippen molar-refractivity contribution < 1.29 is 22.7 Å². The lowest BCUT2D eigenvalue weighted by Gasteiger charge is -2.26. The van der Waals surface area contributed by atoms with Gasteiger partial charge in [0.2, 0.25) is 0 Å². The Balaban J connectivity index is 0.00000341. The van der Waals surface area contributed by atoms with Gasteiger partial charge in [0.05, 0.1) is 26.0 Å². The van der Waals surface area contributed by atoms with Gasteiger partial charge in [0.25, 0.3) is 0 Å². The minimum absolute atomic E-state index is 0. The standard InChI is InChI=1S/C21H28F2N4O3.HI/c22-20(23)30-19-6-2-1-4-17(19)16-26-21(24-8-7-18-5-3-13-29-18)25-9-10-27-11-14-28-15-12-27;/h1-6,13,20H,7-12,14-16H2,(H2,24,25,26);1H. The summed E-state index contributed by atoms with van der Waals surface area (Å²) in [6.07, 6.45) is 2.35. The molecule has 1 aliphatic rings.